The van der Waals surface area contributed by atoms with Crippen molar-refractivity contribution in [3.05, 3.63) is 23.8 Å². The minimum Gasteiger partial charge on any atom is -0.478 e. The summed E-state index contributed by atoms with van der Waals surface area (Å²) >= 11 is 0. The van der Waals surface area contributed by atoms with Crippen molar-refractivity contribution in [1.82, 2.24) is 9.55 Å². The van der Waals surface area contributed by atoms with E-state index in [-0.39, 0.29) is 11.6 Å². The lowest BCUT2D eigenvalue weighted by atomic mass is 10.2. The number of imidazole rings is 1. The third-order valence-corrected chi connectivity index (χ3v) is 3.93. The Hall–Kier alpha value is -2.08. The monoisotopic (exact) mass is 303 g/mol. The Morgan fingerprint density at radius 1 is 1.55 bits per heavy atom. The molecule has 0 amide bonds. The molecule has 2 aromatic rings. The van der Waals surface area contributed by atoms with Crippen molar-refractivity contribution in [2.45, 2.75) is 32.4 Å². The number of anilines is 1. The van der Waals surface area contributed by atoms with Gasteiger partial charge in [0.2, 0.25) is 5.95 Å². The number of aromatic nitrogens is 2. The van der Waals surface area contributed by atoms with Crippen LogP contribution in [0.2, 0.25) is 0 Å². The van der Waals surface area contributed by atoms with E-state index in [1.807, 2.05) is 13.0 Å². The van der Waals surface area contributed by atoms with Crippen LogP contribution in [0.4, 0.5) is 5.95 Å². The fourth-order valence-electron chi connectivity index (χ4n) is 2.63. The minimum absolute atomic E-state index is 0.138. The number of carboxylic acid groups (broad SMARTS) is 1. The summed E-state index contributed by atoms with van der Waals surface area (Å²) in [6.45, 7) is 3.55. The SMILES string of the molecule is COC[C@H](C)Nc1nc2cc(C(=O)O)ccc2n1CC1CC1. The Labute approximate surface area is 129 Å². The lowest BCUT2D eigenvalue weighted by molar-refractivity contribution is 0.0697. The van der Waals surface area contributed by atoms with E-state index in [2.05, 4.69) is 14.9 Å². The number of nitrogens with one attached hydrogen (secondary N) is 1. The zero-order valence-corrected chi connectivity index (χ0v) is 12.9. The summed E-state index contributed by atoms with van der Waals surface area (Å²) in [5, 5.41) is 12.5. The molecule has 6 heteroatoms. The summed E-state index contributed by atoms with van der Waals surface area (Å²) in [7, 11) is 1.67. The van der Waals surface area contributed by atoms with Crippen LogP contribution in [0.5, 0.6) is 0 Å². The zero-order chi connectivity index (χ0) is 15.7. The van der Waals surface area contributed by atoms with Crippen molar-refractivity contribution < 1.29 is 14.6 Å². The molecule has 3 rings (SSSR count). The number of carboxylic acids is 1. The molecule has 1 heterocycles. The highest BCUT2D eigenvalue weighted by Gasteiger charge is 2.25. The van der Waals surface area contributed by atoms with E-state index in [4.69, 9.17) is 9.84 Å². The van der Waals surface area contributed by atoms with Crippen LogP contribution in [0.25, 0.3) is 11.0 Å². The van der Waals surface area contributed by atoms with Gasteiger partial charge in [-0.15, -0.1) is 0 Å². The molecular formula is C16H21N3O3. The van der Waals surface area contributed by atoms with Crippen LogP contribution in [-0.2, 0) is 11.3 Å². The van der Waals surface area contributed by atoms with Crippen LogP contribution in [0.3, 0.4) is 0 Å². The van der Waals surface area contributed by atoms with Gasteiger partial charge in [0.1, 0.15) is 0 Å². The van der Waals surface area contributed by atoms with E-state index < -0.39 is 5.97 Å². The predicted molar refractivity (Wildman–Crippen MR) is 84.4 cm³/mol. The molecule has 2 N–H and O–H groups in total. The molecule has 118 valence electrons. The predicted octanol–water partition coefficient (Wildman–Crippen LogP) is 2.59. The number of benzene rings is 1. The normalized spacial score (nSPS) is 15.9. The third kappa shape index (κ3) is 3.06. The summed E-state index contributed by atoms with van der Waals surface area (Å²) < 4.78 is 7.31. The minimum atomic E-state index is -0.930. The van der Waals surface area contributed by atoms with Crippen molar-refractivity contribution in [1.29, 1.82) is 0 Å². The van der Waals surface area contributed by atoms with Gasteiger partial charge in [0, 0.05) is 19.7 Å². The first-order valence-electron chi connectivity index (χ1n) is 7.57. The van der Waals surface area contributed by atoms with Crippen molar-refractivity contribution in [3.8, 4) is 0 Å². The van der Waals surface area contributed by atoms with Gasteiger partial charge in [-0.3, -0.25) is 0 Å². The highest BCUT2D eigenvalue weighted by atomic mass is 16.5. The molecule has 0 spiro atoms. The Balaban J connectivity index is 1.98. The molecule has 0 radical (unpaired) electrons. The summed E-state index contributed by atoms with van der Waals surface area (Å²) in [6.07, 6.45) is 2.50. The number of carbonyl (C=O) groups is 1. The van der Waals surface area contributed by atoms with Crippen LogP contribution in [-0.4, -0.2) is 40.4 Å². The quantitative estimate of drug-likeness (QED) is 0.822. The smallest absolute Gasteiger partial charge is 0.335 e. The molecule has 0 bridgehead atoms. The standard InChI is InChI=1S/C16H21N3O3/c1-10(9-22-2)17-16-18-13-7-12(15(20)21)5-6-14(13)19(16)8-11-3-4-11/h5-7,10-11H,3-4,8-9H2,1-2H3,(H,17,18)(H,20,21)/t10-/m0/s1. The molecule has 22 heavy (non-hydrogen) atoms. The number of aromatic carboxylic acids is 1. The van der Waals surface area contributed by atoms with Gasteiger partial charge < -0.3 is 19.7 Å². The second-order valence-corrected chi connectivity index (χ2v) is 6.00. The van der Waals surface area contributed by atoms with Crippen molar-refractivity contribution in [2.75, 3.05) is 19.0 Å². The molecule has 1 fully saturated rings. The largest absolute Gasteiger partial charge is 0.478 e. The molecule has 0 saturated heterocycles. The van der Waals surface area contributed by atoms with Crippen molar-refractivity contribution in [2.24, 2.45) is 5.92 Å². The first-order valence-corrected chi connectivity index (χ1v) is 7.57. The van der Waals surface area contributed by atoms with Gasteiger partial charge in [-0.25, -0.2) is 9.78 Å². The van der Waals surface area contributed by atoms with Gasteiger partial charge >= 0.3 is 5.97 Å². The van der Waals surface area contributed by atoms with Gasteiger partial charge in [0.25, 0.3) is 0 Å². The molecule has 1 atom stereocenters. The molecule has 1 aliphatic rings. The van der Waals surface area contributed by atoms with Gasteiger partial charge in [-0.2, -0.15) is 0 Å². The van der Waals surface area contributed by atoms with Crippen LogP contribution < -0.4 is 5.32 Å². The Bertz CT molecular complexity index is 691. The molecule has 0 aliphatic heterocycles. The van der Waals surface area contributed by atoms with Crippen LogP contribution in [0.1, 0.15) is 30.1 Å². The highest BCUT2D eigenvalue weighted by Crippen LogP contribution is 2.33. The molecule has 1 aliphatic carbocycles. The third-order valence-electron chi connectivity index (χ3n) is 3.93. The van der Waals surface area contributed by atoms with E-state index in [0.29, 0.717) is 18.0 Å². The number of hydrogen-bond acceptors (Lipinski definition) is 4. The Morgan fingerprint density at radius 2 is 2.32 bits per heavy atom. The fourth-order valence-corrected chi connectivity index (χ4v) is 2.63. The topological polar surface area (TPSA) is 76.4 Å². The zero-order valence-electron chi connectivity index (χ0n) is 12.9. The van der Waals surface area contributed by atoms with Gasteiger partial charge in [-0.1, -0.05) is 0 Å². The number of methoxy groups -OCH3 is 1. The Kier molecular flexibility index (Phi) is 4.02. The lowest BCUT2D eigenvalue weighted by Crippen LogP contribution is -2.23. The molecular weight excluding hydrogens is 282 g/mol. The summed E-state index contributed by atoms with van der Waals surface area (Å²) in [6, 6.07) is 5.25. The molecule has 1 aromatic heterocycles. The second kappa shape index (κ2) is 5.96. The first-order chi connectivity index (χ1) is 10.6. The summed E-state index contributed by atoms with van der Waals surface area (Å²) in [4.78, 5) is 15.7. The van der Waals surface area contributed by atoms with Gasteiger partial charge in [0.05, 0.1) is 23.2 Å². The maximum Gasteiger partial charge on any atom is 0.335 e. The summed E-state index contributed by atoms with van der Waals surface area (Å²) in [5.74, 6) is 0.560. The Morgan fingerprint density at radius 3 is 2.95 bits per heavy atom. The van der Waals surface area contributed by atoms with Crippen molar-refractivity contribution >= 4 is 23.0 Å². The van der Waals surface area contributed by atoms with Crippen LogP contribution >= 0.6 is 0 Å². The first kappa shape index (κ1) is 14.8. The van der Waals surface area contributed by atoms with E-state index in [0.717, 1.165) is 18.0 Å². The molecule has 6 nitrogen and oxygen atoms in total. The fraction of sp³-hybridized carbons (Fsp3) is 0.500. The van der Waals surface area contributed by atoms with Gasteiger partial charge in [-0.05, 0) is 43.9 Å². The number of nitrogens with zero attached hydrogens (tertiary/aromatic N) is 2. The van der Waals surface area contributed by atoms with E-state index in [1.165, 1.54) is 12.8 Å². The average molecular weight is 303 g/mol. The van der Waals surface area contributed by atoms with Gasteiger partial charge in [0.15, 0.2) is 0 Å². The number of rotatable bonds is 7. The number of ether oxygens (including phenoxy) is 1. The van der Waals surface area contributed by atoms with Crippen LogP contribution in [0.15, 0.2) is 18.2 Å². The molecule has 1 saturated carbocycles. The molecule has 1 aromatic carbocycles. The van der Waals surface area contributed by atoms with E-state index in [9.17, 15) is 4.79 Å². The highest BCUT2D eigenvalue weighted by molar-refractivity contribution is 5.93. The number of fused-ring (bicyclic) bond motifs is 1. The maximum atomic E-state index is 11.1. The molecule has 0 unspecified atom stereocenters. The maximum absolute atomic E-state index is 11.1. The summed E-state index contributed by atoms with van der Waals surface area (Å²) in [5.41, 5.74) is 1.96. The number of hydrogen-bond donors (Lipinski definition) is 2. The van der Waals surface area contributed by atoms with Crippen LogP contribution in [0, 0.1) is 5.92 Å². The average Bonchev–Trinajstić information content (AvgIpc) is 3.22. The lowest BCUT2D eigenvalue weighted by Gasteiger charge is -2.15. The van der Waals surface area contributed by atoms with E-state index in [1.54, 1.807) is 19.2 Å². The van der Waals surface area contributed by atoms with Crippen molar-refractivity contribution in [3.63, 3.8) is 0 Å². The van der Waals surface area contributed by atoms with E-state index >= 15 is 0 Å². The second-order valence-electron chi connectivity index (χ2n) is 6.00.